The Morgan fingerprint density at radius 2 is 1.38 bits per heavy atom. The molecule has 13 heavy (non-hydrogen) atoms. The first-order valence-electron chi connectivity index (χ1n) is 3.18. The monoisotopic (exact) mass is 361 g/mol. The van der Waals surface area contributed by atoms with Gasteiger partial charge in [-0.05, 0) is 18.2 Å². The molecule has 0 aromatic heterocycles. The number of hydrogen-bond acceptors (Lipinski definition) is 2. The summed E-state index contributed by atoms with van der Waals surface area (Å²) in [5.41, 5.74) is -0.0372. The Bertz CT molecular complexity index is 305. The summed E-state index contributed by atoms with van der Waals surface area (Å²) in [5.74, 6) is -2.25. The Labute approximate surface area is 88.5 Å². The molecule has 0 saturated carbocycles. The molecule has 1 rings (SSSR count). The number of benzene rings is 1. The Balaban J connectivity index is 0.00000144. The topological polar surface area (TPSA) is 74.6 Å². The summed E-state index contributed by atoms with van der Waals surface area (Å²) in [4.78, 5) is 20.8. The van der Waals surface area contributed by atoms with Gasteiger partial charge in [0.2, 0.25) is 0 Å². The smallest absolute Gasteiger partial charge is 0.478 e. The normalized spacial score (nSPS) is 8.62. The molecular formula is C8H6O4Pt+2. The van der Waals surface area contributed by atoms with Crippen molar-refractivity contribution in [2.75, 3.05) is 0 Å². The van der Waals surface area contributed by atoms with Crippen molar-refractivity contribution < 1.29 is 40.9 Å². The van der Waals surface area contributed by atoms with Gasteiger partial charge >= 0.3 is 33.0 Å². The Morgan fingerprint density at radius 1 is 1.00 bits per heavy atom. The SMILES string of the molecule is O=C(O)c1cccc(C(=O)O)c1.[Pt+2]. The van der Waals surface area contributed by atoms with Crippen LogP contribution in [0.5, 0.6) is 0 Å². The molecule has 0 aliphatic rings. The first-order valence-corrected chi connectivity index (χ1v) is 3.18. The minimum Gasteiger partial charge on any atom is -0.478 e. The van der Waals surface area contributed by atoms with Gasteiger partial charge in [-0.15, -0.1) is 0 Å². The molecule has 0 atom stereocenters. The van der Waals surface area contributed by atoms with Crippen LogP contribution in [-0.2, 0) is 21.1 Å². The minimum atomic E-state index is -1.13. The third-order valence-corrected chi connectivity index (χ3v) is 1.36. The summed E-state index contributed by atoms with van der Waals surface area (Å²) < 4.78 is 0. The Kier molecular flexibility index (Phi) is 4.35. The number of rotatable bonds is 2. The van der Waals surface area contributed by atoms with Crippen LogP contribution < -0.4 is 0 Å². The van der Waals surface area contributed by atoms with Crippen LogP contribution in [0.3, 0.4) is 0 Å². The van der Waals surface area contributed by atoms with Crippen LogP contribution in [0.1, 0.15) is 20.7 Å². The van der Waals surface area contributed by atoms with E-state index >= 15 is 0 Å². The number of hydrogen-bond donors (Lipinski definition) is 2. The zero-order valence-electron chi connectivity index (χ0n) is 6.34. The van der Waals surface area contributed by atoms with Crippen molar-refractivity contribution in [2.45, 2.75) is 0 Å². The van der Waals surface area contributed by atoms with Gasteiger partial charge in [0.15, 0.2) is 0 Å². The van der Waals surface area contributed by atoms with E-state index in [-0.39, 0.29) is 32.2 Å². The van der Waals surface area contributed by atoms with Gasteiger partial charge in [-0.3, -0.25) is 0 Å². The van der Waals surface area contributed by atoms with Gasteiger partial charge in [0.05, 0.1) is 11.1 Å². The van der Waals surface area contributed by atoms with Crippen molar-refractivity contribution in [3.8, 4) is 0 Å². The van der Waals surface area contributed by atoms with Crippen molar-refractivity contribution >= 4 is 11.9 Å². The molecule has 4 nitrogen and oxygen atoms in total. The molecule has 0 fully saturated rings. The van der Waals surface area contributed by atoms with Crippen LogP contribution in [0.4, 0.5) is 0 Å². The standard InChI is InChI=1S/C8H6O4.Pt/c9-7(10)5-2-1-3-6(4-5)8(11)12;/h1-4H,(H,9,10)(H,11,12);/q;+2. The molecule has 0 saturated heterocycles. The summed E-state index contributed by atoms with van der Waals surface area (Å²) in [6, 6.07) is 5.20. The van der Waals surface area contributed by atoms with E-state index in [1.165, 1.54) is 18.2 Å². The fourth-order valence-corrected chi connectivity index (χ4v) is 0.785. The number of aromatic carboxylic acids is 2. The summed E-state index contributed by atoms with van der Waals surface area (Å²) in [6.45, 7) is 0. The van der Waals surface area contributed by atoms with Gasteiger partial charge in [0.1, 0.15) is 0 Å². The molecule has 5 heteroatoms. The van der Waals surface area contributed by atoms with E-state index in [0.717, 1.165) is 6.07 Å². The quantitative estimate of drug-likeness (QED) is 0.827. The molecule has 0 radical (unpaired) electrons. The zero-order chi connectivity index (χ0) is 9.14. The van der Waals surface area contributed by atoms with E-state index in [2.05, 4.69) is 0 Å². The van der Waals surface area contributed by atoms with Crippen LogP contribution in [0.15, 0.2) is 24.3 Å². The molecule has 0 aliphatic carbocycles. The van der Waals surface area contributed by atoms with Gasteiger partial charge in [-0.1, -0.05) is 6.07 Å². The number of carbonyl (C=O) groups is 2. The molecule has 2 N–H and O–H groups in total. The Hall–Kier alpha value is -1.15. The van der Waals surface area contributed by atoms with E-state index in [4.69, 9.17) is 10.2 Å². The molecule has 0 bridgehead atoms. The van der Waals surface area contributed by atoms with Crippen molar-refractivity contribution in [2.24, 2.45) is 0 Å². The summed E-state index contributed by atoms with van der Waals surface area (Å²) in [7, 11) is 0. The van der Waals surface area contributed by atoms with E-state index < -0.39 is 11.9 Å². The summed E-state index contributed by atoms with van der Waals surface area (Å²) >= 11 is 0. The third kappa shape index (κ3) is 2.99. The fraction of sp³-hybridized carbons (Fsp3) is 0. The Morgan fingerprint density at radius 3 is 1.69 bits per heavy atom. The van der Waals surface area contributed by atoms with Gasteiger partial charge in [-0.2, -0.15) is 0 Å². The second-order valence-electron chi connectivity index (χ2n) is 2.19. The number of carboxylic acids is 2. The maximum atomic E-state index is 10.4. The maximum absolute atomic E-state index is 10.4. The zero-order valence-corrected chi connectivity index (χ0v) is 8.61. The van der Waals surface area contributed by atoms with E-state index in [0.29, 0.717) is 0 Å². The average molecular weight is 361 g/mol. The summed E-state index contributed by atoms with van der Waals surface area (Å²) in [5, 5.41) is 17.0. The fourth-order valence-electron chi connectivity index (χ4n) is 0.785. The van der Waals surface area contributed by atoms with Gasteiger partial charge in [-0.25, -0.2) is 9.59 Å². The van der Waals surface area contributed by atoms with Crippen LogP contribution in [0.25, 0.3) is 0 Å². The molecule has 0 heterocycles. The van der Waals surface area contributed by atoms with Gasteiger partial charge in [0, 0.05) is 0 Å². The van der Waals surface area contributed by atoms with Gasteiger partial charge < -0.3 is 10.2 Å². The van der Waals surface area contributed by atoms with Crippen LogP contribution >= 0.6 is 0 Å². The molecule has 0 unspecified atom stereocenters. The van der Waals surface area contributed by atoms with Crippen molar-refractivity contribution in [3.05, 3.63) is 35.4 Å². The first-order chi connectivity index (χ1) is 5.61. The van der Waals surface area contributed by atoms with E-state index in [1.807, 2.05) is 0 Å². The number of carboxylic acid groups (broad SMARTS) is 2. The first kappa shape index (κ1) is 11.8. The van der Waals surface area contributed by atoms with Crippen molar-refractivity contribution in [1.82, 2.24) is 0 Å². The minimum absolute atomic E-state index is 0. The van der Waals surface area contributed by atoms with Crippen LogP contribution in [-0.4, -0.2) is 22.2 Å². The molecular weight excluding hydrogens is 355 g/mol. The average Bonchev–Trinajstić information content (AvgIpc) is 2.04. The van der Waals surface area contributed by atoms with Crippen molar-refractivity contribution in [1.29, 1.82) is 0 Å². The van der Waals surface area contributed by atoms with Crippen molar-refractivity contribution in [3.63, 3.8) is 0 Å². The molecule has 0 spiro atoms. The predicted octanol–water partition coefficient (Wildman–Crippen LogP) is 1.08. The molecule has 70 valence electrons. The van der Waals surface area contributed by atoms with Gasteiger partial charge in [0.25, 0.3) is 0 Å². The second kappa shape index (κ2) is 4.77. The maximum Gasteiger partial charge on any atom is 2.00 e. The molecule has 1 aromatic rings. The van der Waals surface area contributed by atoms with Crippen LogP contribution in [0, 0.1) is 0 Å². The largest absolute Gasteiger partial charge is 2.00 e. The molecule has 0 aliphatic heterocycles. The molecule has 0 amide bonds. The van der Waals surface area contributed by atoms with E-state index in [1.54, 1.807) is 0 Å². The molecule has 1 aromatic carbocycles. The summed E-state index contributed by atoms with van der Waals surface area (Å²) in [6.07, 6.45) is 0. The second-order valence-corrected chi connectivity index (χ2v) is 2.19. The van der Waals surface area contributed by atoms with Crippen LogP contribution in [0.2, 0.25) is 0 Å². The third-order valence-electron chi connectivity index (χ3n) is 1.36. The predicted molar refractivity (Wildman–Crippen MR) is 40.4 cm³/mol. The van der Waals surface area contributed by atoms with E-state index in [9.17, 15) is 9.59 Å².